The third-order valence-electron chi connectivity index (χ3n) is 4.58. The van der Waals surface area contributed by atoms with Gasteiger partial charge < -0.3 is 25.4 Å². The van der Waals surface area contributed by atoms with Crippen LogP contribution in [-0.4, -0.2) is 72.0 Å². The number of ether oxygens (including phenoxy) is 1. The van der Waals surface area contributed by atoms with E-state index in [1.54, 1.807) is 68.7 Å². The number of benzene rings is 1. The standard InChI is InChI=1S/C17H17N5O5.CH3Cl.S9/c23-6-10-12(24)13(25)17(27-10)22-8-20-11-14(18-7-19-15(11)22)21-16(26)9-4-2-1-3-5-9;1-2;1-3-5-7-9-8-6-4-2/h1-5,7-8,10,12-13,17,23-25H,6H2,(H,18,19,21,26);1H3;/t10-,12?,13+,17-;;/m1../s1/i;1TD;. The van der Waals surface area contributed by atoms with Gasteiger partial charge in [-0.1, -0.05) is 18.2 Å². The Morgan fingerprint density at radius 1 is 1.16 bits per heavy atom. The third-order valence-corrected chi connectivity index (χ3v) is 17.9. The number of aliphatic hydroxyl groups excluding tert-OH is 3. The van der Waals surface area contributed by atoms with Crippen molar-refractivity contribution in [2.24, 2.45) is 0 Å². The van der Waals surface area contributed by atoms with Gasteiger partial charge in [0.05, 0.1) is 12.9 Å². The summed E-state index contributed by atoms with van der Waals surface area (Å²) in [7, 11) is 10.9. The van der Waals surface area contributed by atoms with Gasteiger partial charge in [0.2, 0.25) is 0 Å². The van der Waals surface area contributed by atoms with E-state index in [-0.39, 0.29) is 11.7 Å². The highest BCUT2D eigenvalue weighted by Gasteiger charge is 2.44. The fraction of sp³-hybridized carbons (Fsp3) is 0.333. The average molecular weight is 713 g/mol. The molecule has 4 N–H and O–H groups in total. The Morgan fingerprint density at radius 3 is 2.37 bits per heavy atom. The number of alkyl halides is 1. The van der Waals surface area contributed by atoms with Crippen LogP contribution in [-0.2, 0) is 89.3 Å². The number of amides is 1. The molecule has 0 saturated carbocycles. The van der Waals surface area contributed by atoms with Crippen LogP contribution >= 0.6 is 11.6 Å². The highest BCUT2D eigenvalue weighted by Crippen LogP contribution is 2.32. The van der Waals surface area contributed by atoms with Gasteiger partial charge in [0.1, 0.15) is 24.6 Å². The van der Waals surface area contributed by atoms with Crippen LogP contribution in [0, 0.1) is 0 Å². The zero-order chi connectivity index (χ0) is 29.5. The number of imidazole rings is 1. The summed E-state index contributed by atoms with van der Waals surface area (Å²) in [5.74, 6) is -0.141. The van der Waals surface area contributed by atoms with E-state index in [0.717, 1.165) is 0 Å². The Labute approximate surface area is 255 Å². The van der Waals surface area contributed by atoms with Crippen molar-refractivity contribution in [3.63, 3.8) is 0 Å². The SMILES string of the molecule is O=C(Nc1ncnc2c1ncn2[C@@H]1O[C@H](CO)C(O)[C@@H]1O)c1ccccc1.S=S=S=S=S=S=S=S=S.[2H]C([3H])Cl. The molecule has 1 aliphatic heterocycles. The van der Waals surface area contributed by atoms with Gasteiger partial charge in [0.15, 0.2) is 23.2 Å². The molecular weight excluding hydrogens is 690 g/mol. The third kappa shape index (κ3) is 9.47. The summed E-state index contributed by atoms with van der Waals surface area (Å²) in [6.07, 6.45) is -2.97. The molecule has 1 aliphatic rings. The lowest BCUT2D eigenvalue weighted by atomic mass is 10.1. The second-order valence-corrected chi connectivity index (χ2v) is 19.0. The Kier molecular flexibility index (Phi) is 14.9. The van der Waals surface area contributed by atoms with E-state index in [4.69, 9.17) is 7.48 Å². The summed E-state index contributed by atoms with van der Waals surface area (Å²) in [6.45, 7) is -0.436. The van der Waals surface area contributed by atoms with E-state index >= 15 is 0 Å². The zero-order valence-electron chi connectivity index (χ0n) is 20.6. The molecule has 1 aromatic carbocycles. The molecule has 3 aromatic rings. The van der Waals surface area contributed by atoms with E-state index in [0.29, 0.717) is 16.7 Å². The average Bonchev–Trinajstić information content (AvgIpc) is 3.50. The highest BCUT2D eigenvalue weighted by molar-refractivity contribution is 8.72. The van der Waals surface area contributed by atoms with Gasteiger partial charge in [-0.15, -0.1) is 11.6 Å². The number of nitrogens with one attached hydrogen (secondary N) is 1. The smallest absolute Gasteiger partial charge is 0.256 e. The zero-order valence-corrected chi connectivity index (χ0v) is 26.7. The van der Waals surface area contributed by atoms with Crippen LogP contribution in [0.25, 0.3) is 11.2 Å². The maximum atomic E-state index is 12.4. The predicted octanol–water partition coefficient (Wildman–Crippen LogP) is 0.523. The highest BCUT2D eigenvalue weighted by atomic mass is 35.5. The van der Waals surface area contributed by atoms with Crippen molar-refractivity contribution in [3.8, 4) is 0 Å². The number of nitrogens with zero attached hydrogens (tertiary/aromatic N) is 4. The van der Waals surface area contributed by atoms with Crippen molar-refractivity contribution in [3.05, 3.63) is 48.5 Å². The first-order valence-electron chi connectivity index (χ1n) is 11.0. The van der Waals surface area contributed by atoms with Crippen LogP contribution in [0.15, 0.2) is 43.0 Å². The minimum absolute atomic E-state index is 0.208. The van der Waals surface area contributed by atoms with Crippen molar-refractivity contribution in [1.29, 1.82) is 0 Å². The summed E-state index contributed by atoms with van der Waals surface area (Å²) in [6, 6.07) is 8.65. The molecule has 0 spiro atoms. The number of hydrogen-bond donors (Lipinski definition) is 4. The molecule has 4 rings (SSSR count). The second kappa shape index (κ2) is 18.7. The van der Waals surface area contributed by atoms with Gasteiger partial charge in [-0.2, -0.15) is 0 Å². The van der Waals surface area contributed by atoms with Crippen LogP contribution in [0.4, 0.5) is 5.82 Å². The van der Waals surface area contributed by atoms with Crippen molar-refractivity contribution < 1.29 is 27.6 Å². The maximum Gasteiger partial charge on any atom is 0.256 e. The second-order valence-electron chi connectivity index (χ2n) is 6.57. The lowest BCUT2D eigenvalue weighted by Gasteiger charge is -2.16. The summed E-state index contributed by atoms with van der Waals surface area (Å²) < 4.78 is 19.0. The number of anilines is 1. The number of aromatic nitrogens is 4. The number of halogens is 1. The van der Waals surface area contributed by atoms with E-state index < -0.39 is 37.5 Å². The molecule has 5 atom stereocenters. The summed E-state index contributed by atoms with van der Waals surface area (Å²) in [4.78, 5) is 24.8. The Balaban J connectivity index is 0.000000362. The maximum absolute atomic E-state index is 12.4. The molecule has 10 nitrogen and oxygen atoms in total. The quantitative estimate of drug-likeness (QED) is 0.283. The molecule has 0 aliphatic carbocycles. The predicted molar refractivity (Wildman–Crippen MR) is 171 cm³/mol. The number of carbonyl (C=O) groups excluding carboxylic acids is 1. The van der Waals surface area contributed by atoms with Crippen LogP contribution in [0.3, 0.4) is 0 Å². The van der Waals surface area contributed by atoms with Crippen LogP contribution in [0.5, 0.6) is 0 Å². The molecule has 20 heteroatoms. The van der Waals surface area contributed by atoms with Crippen LogP contribution in [0.2, 0.25) is 0 Å². The van der Waals surface area contributed by atoms with Crippen LogP contribution < -0.4 is 5.32 Å². The van der Waals surface area contributed by atoms with E-state index in [2.05, 4.69) is 54.2 Å². The van der Waals surface area contributed by atoms with Gasteiger partial charge in [-0.25, -0.2) is 15.0 Å². The monoisotopic (exact) mass is 712 g/mol. The normalized spacial score (nSPS) is 21.1. The number of carbonyl (C=O) groups is 1. The number of hydrogen-bond acceptors (Lipinski definition) is 10. The van der Waals surface area contributed by atoms with Gasteiger partial charge in [0, 0.05) is 99.2 Å². The summed E-state index contributed by atoms with van der Waals surface area (Å²) in [5, 5.41) is 32.1. The lowest BCUT2D eigenvalue weighted by molar-refractivity contribution is -0.0511. The van der Waals surface area contributed by atoms with Gasteiger partial charge in [-0.3, -0.25) is 9.36 Å². The Bertz CT molecular complexity index is 1550. The van der Waals surface area contributed by atoms with Crippen molar-refractivity contribution in [1.82, 2.24) is 19.5 Å². The molecule has 208 valence electrons. The fourth-order valence-corrected chi connectivity index (χ4v) is 16.8. The Hall–Kier alpha value is -0.650. The molecule has 2 aromatic heterocycles. The number of fused-ring (bicyclic) bond motifs is 1. The first-order valence-corrected chi connectivity index (χ1v) is 20.9. The van der Waals surface area contributed by atoms with Crippen molar-refractivity contribution >= 4 is 119 Å². The molecule has 1 saturated heterocycles. The van der Waals surface area contributed by atoms with Crippen molar-refractivity contribution in [2.45, 2.75) is 24.5 Å². The molecule has 3 heterocycles. The van der Waals surface area contributed by atoms with Gasteiger partial charge >= 0.3 is 0 Å². The lowest BCUT2D eigenvalue weighted by Crippen LogP contribution is -2.33. The fourth-order valence-electron chi connectivity index (χ4n) is 3.07. The van der Waals surface area contributed by atoms with E-state index in [1.807, 2.05) is 6.07 Å². The summed E-state index contributed by atoms with van der Waals surface area (Å²) >= 11 is 13.9. The van der Waals surface area contributed by atoms with E-state index in [9.17, 15) is 20.1 Å². The van der Waals surface area contributed by atoms with Gasteiger partial charge in [0.25, 0.3) is 5.91 Å². The summed E-state index contributed by atoms with van der Waals surface area (Å²) in [5.41, 5.74) is 1.08. The molecule has 0 bridgehead atoms. The molecule has 1 amide bonds. The first-order chi connectivity index (χ1) is 19.2. The molecule has 0 radical (unpaired) electrons. The number of rotatable bonds is 4. The Morgan fingerprint density at radius 2 is 1.79 bits per heavy atom. The van der Waals surface area contributed by atoms with Gasteiger partial charge in [-0.05, 0) is 12.1 Å². The van der Waals surface area contributed by atoms with Crippen molar-refractivity contribution in [2.75, 3.05) is 18.3 Å². The largest absolute Gasteiger partial charge is 0.394 e. The molecular formula is C18H20ClN5O5S9. The molecule has 38 heavy (non-hydrogen) atoms. The van der Waals surface area contributed by atoms with Crippen LogP contribution in [0.1, 0.15) is 19.3 Å². The first kappa shape index (κ1) is 30.3. The number of aliphatic hydroxyl groups is 3. The minimum Gasteiger partial charge on any atom is -0.394 e. The molecule has 1 fully saturated rings. The minimum atomic E-state index is -1.27. The van der Waals surface area contributed by atoms with E-state index in [1.165, 1.54) is 35.0 Å². The molecule has 2 unspecified atom stereocenters. The topological polar surface area (TPSA) is 143 Å².